The summed E-state index contributed by atoms with van der Waals surface area (Å²) in [4.78, 5) is 3.99. The zero-order valence-corrected chi connectivity index (χ0v) is 7.85. The van der Waals surface area contributed by atoms with Crippen molar-refractivity contribution in [2.75, 3.05) is 0 Å². The van der Waals surface area contributed by atoms with Crippen LogP contribution in [-0.4, -0.2) is 9.55 Å². The number of imidazole rings is 1. The molecule has 3 heteroatoms. The predicted octanol–water partition coefficient (Wildman–Crippen LogP) is 2.05. The second-order valence-corrected chi connectivity index (χ2v) is 3.36. The number of nitriles is 1. The quantitative estimate of drug-likeness (QED) is 0.707. The highest BCUT2D eigenvalue weighted by Crippen LogP contribution is 2.18. The summed E-state index contributed by atoms with van der Waals surface area (Å²) in [6.07, 6.45) is 11.3. The third-order valence-electron chi connectivity index (χ3n) is 2.32. The van der Waals surface area contributed by atoms with E-state index in [1.165, 1.54) is 5.57 Å². The van der Waals surface area contributed by atoms with E-state index in [1.807, 2.05) is 29.2 Å². The van der Waals surface area contributed by atoms with E-state index in [9.17, 15) is 0 Å². The number of nitrogens with zero attached hydrogens (tertiary/aromatic N) is 3. The molecule has 0 saturated heterocycles. The maximum absolute atomic E-state index is 8.67. The van der Waals surface area contributed by atoms with E-state index in [-0.39, 0.29) is 0 Å². The van der Waals surface area contributed by atoms with Crippen LogP contribution in [0.1, 0.15) is 12.8 Å². The summed E-state index contributed by atoms with van der Waals surface area (Å²) in [7, 11) is 0. The predicted molar refractivity (Wildman–Crippen MR) is 53.2 cm³/mol. The van der Waals surface area contributed by atoms with Crippen LogP contribution in [0.4, 0.5) is 0 Å². The molecule has 0 atom stereocenters. The molecule has 1 heterocycles. The fraction of sp³-hybridized carbons (Fsp3) is 0.273. The van der Waals surface area contributed by atoms with E-state index in [1.54, 1.807) is 6.20 Å². The first-order chi connectivity index (χ1) is 6.88. The first-order valence-electron chi connectivity index (χ1n) is 4.63. The van der Waals surface area contributed by atoms with Gasteiger partial charge in [0.15, 0.2) is 0 Å². The smallest absolute Gasteiger partial charge is 0.0948 e. The van der Waals surface area contributed by atoms with E-state index < -0.39 is 0 Å². The Morgan fingerprint density at radius 2 is 2.36 bits per heavy atom. The van der Waals surface area contributed by atoms with Crippen molar-refractivity contribution in [3.8, 4) is 6.07 Å². The molecule has 1 aromatic rings. The number of hydrogen-bond donors (Lipinski definition) is 0. The van der Waals surface area contributed by atoms with Crippen LogP contribution in [0.5, 0.6) is 0 Å². The zero-order chi connectivity index (χ0) is 9.80. The molecule has 0 unspecified atom stereocenters. The van der Waals surface area contributed by atoms with Crippen LogP contribution in [0.3, 0.4) is 0 Å². The second kappa shape index (κ2) is 3.93. The zero-order valence-electron chi connectivity index (χ0n) is 7.85. The van der Waals surface area contributed by atoms with E-state index in [0.717, 1.165) is 25.0 Å². The summed E-state index contributed by atoms with van der Waals surface area (Å²) < 4.78 is 2.04. The lowest BCUT2D eigenvalue weighted by molar-refractivity contribution is 0.732. The van der Waals surface area contributed by atoms with Gasteiger partial charge in [-0.2, -0.15) is 5.26 Å². The third-order valence-corrected chi connectivity index (χ3v) is 2.32. The summed E-state index contributed by atoms with van der Waals surface area (Å²) in [5, 5.41) is 8.67. The van der Waals surface area contributed by atoms with Crippen LogP contribution >= 0.6 is 0 Å². The van der Waals surface area contributed by atoms with Gasteiger partial charge in [0.05, 0.1) is 12.4 Å². The minimum absolute atomic E-state index is 0.872. The van der Waals surface area contributed by atoms with Crippen LogP contribution in [-0.2, 0) is 6.54 Å². The molecule has 1 aromatic heterocycles. The third kappa shape index (κ3) is 1.91. The molecule has 1 aliphatic rings. The number of hydrogen-bond acceptors (Lipinski definition) is 2. The van der Waals surface area contributed by atoms with Crippen molar-refractivity contribution in [1.82, 2.24) is 9.55 Å². The number of aromatic nitrogens is 2. The maximum Gasteiger partial charge on any atom is 0.0948 e. The molecular formula is C11H11N3. The van der Waals surface area contributed by atoms with E-state index in [4.69, 9.17) is 5.26 Å². The molecule has 0 saturated carbocycles. The van der Waals surface area contributed by atoms with Gasteiger partial charge in [0.25, 0.3) is 0 Å². The SMILES string of the molecule is N#CC1=CC=C(Cn2ccnc2)CC1. The Balaban J connectivity index is 2.05. The van der Waals surface area contributed by atoms with Crippen molar-refractivity contribution < 1.29 is 0 Å². The van der Waals surface area contributed by atoms with Gasteiger partial charge in [-0.25, -0.2) is 4.98 Å². The van der Waals surface area contributed by atoms with Crippen molar-refractivity contribution >= 4 is 0 Å². The first kappa shape index (κ1) is 8.76. The first-order valence-corrected chi connectivity index (χ1v) is 4.63. The van der Waals surface area contributed by atoms with Gasteiger partial charge in [-0.15, -0.1) is 0 Å². The van der Waals surface area contributed by atoms with E-state index >= 15 is 0 Å². The molecule has 70 valence electrons. The number of allylic oxidation sites excluding steroid dienone is 4. The van der Waals surface area contributed by atoms with Gasteiger partial charge in [-0.05, 0) is 18.9 Å². The normalized spacial score (nSPS) is 15.6. The van der Waals surface area contributed by atoms with Gasteiger partial charge in [0.2, 0.25) is 0 Å². The van der Waals surface area contributed by atoms with E-state index in [2.05, 4.69) is 11.1 Å². The van der Waals surface area contributed by atoms with Crippen LogP contribution in [0.25, 0.3) is 0 Å². The fourth-order valence-corrected chi connectivity index (χ4v) is 1.52. The van der Waals surface area contributed by atoms with Gasteiger partial charge in [-0.3, -0.25) is 0 Å². The summed E-state index contributed by atoms with van der Waals surface area (Å²) in [5.41, 5.74) is 2.22. The van der Waals surface area contributed by atoms with Crippen molar-refractivity contribution in [3.05, 3.63) is 42.0 Å². The minimum Gasteiger partial charge on any atom is -0.333 e. The van der Waals surface area contributed by atoms with Crippen LogP contribution in [0.2, 0.25) is 0 Å². The largest absolute Gasteiger partial charge is 0.333 e. The summed E-state index contributed by atoms with van der Waals surface area (Å²) in [5.74, 6) is 0. The Morgan fingerprint density at radius 1 is 1.43 bits per heavy atom. The molecule has 0 aliphatic heterocycles. The van der Waals surface area contributed by atoms with Gasteiger partial charge in [0, 0.05) is 24.5 Å². The molecule has 0 spiro atoms. The summed E-state index contributed by atoms with van der Waals surface area (Å²) >= 11 is 0. The second-order valence-electron chi connectivity index (χ2n) is 3.36. The van der Waals surface area contributed by atoms with Crippen molar-refractivity contribution in [1.29, 1.82) is 5.26 Å². The highest BCUT2D eigenvalue weighted by atomic mass is 15.0. The molecular weight excluding hydrogens is 174 g/mol. The molecule has 2 rings (SSSR count). The lowest BCUT2D eigenvalue weighted by Crippen LogP contribution is -2.01. The van der Waals surface area contributed by atoms with Crippen LogP contribution in [0, 0.1) is 11.3 Å². The number of rotatable bonds is 2. The van der Waals surface area contributed by atoms with Gasteiger partial charge in [-0.1, -0.05) is 11.6 Å². The highest BCUT2D eigenvalue weighted by molar-refractivity contribution is 5.32. The molecule has 0 bridgehead atoms. The monoisotopic (exact) mass is 185 g/mol. The fourth-order valence-electron chi connectivity index (χ4n) is 1.52. The van der Waals surface area contributed by atoms with Crippen LogP contribution < -0.4 is 0 Å². The molecule has 0 radical (unpaired) electrons. The minimum atomic E-state index is 0.872. The highest BCUT2D eigenvalue weighted by Gasteiger charge is 2.05. The Labute approximate surface area is 83.0 Å². The van der Waals surface area contributed by atoms with E-state index in [0.29, 0.717) is 0 Å². The summed E-state index contributed by atoms with van der Waals surface area (Å²) in [6, 6.07) is 2.18. The van der Waals surface area contributed by atoms with Gasteiger partial charge >= 0.3 is 0 Å². The van der Waals surface area contributed by atoms with Crippen molar-refractivity contribution in [2.45, 2.75) is 19.4 Å². The van der Waals surface area contributed by atoms with Crippen molar-refractivity contribution in [3.63, 3.8) is 0 Å². The lowest BCUT2D eigenvalue weighted by atomic mass is 9.99. The van der Waals surface area contributed by atoms with Crippen LogP contribution in [0.15, 0.2) is 42.0 Å². The average Bonchev–Trinajstić information content (AvgIpc) is 2.72. The average molecular weight is 185 g/mol. The molecule has 0 fully saturated rings. The molecule has 3 nitrogen and oxygen atoms in total. The molecule has 0 amide bonds. The summed E-state index contributed by atoms with van der Waals surface area (Å²) in [6.45, 7) is 0.884. The molecule has 0 aromatic carbocycles. The Morgan fingerprint density at radius 3 is 2.93 bits per heavy atom. The Bertz CT molecular complexity index is 404. The Kier molecular flexibility index (Phi) is 2.46. The van der Waals surface area contributed by atoms with Gasteiger partial charge < -0.3 is 4.57 Å². The molecule has 14 heavy (non-hydrogen) atoms. The standard InChI is InChI=1S/C11H11N3/c12-7-10-1-3-11(4-2-10)8-14-6-5-13-9-14/h1,3,5-6,9H,2,4,8H2. The topological polar surface area (TPSA) is 41.6 Å². The maximum atomic E-state index is 8.67. The van der Waals surface area contributed by atoms with Crippen molar-refractivity contribution in [2.24, 2.45) is 0 Å². The Hall–Kier alpha value is -1.82. The lowest BCUT2D eigenvalue weighted by Gasteiger charge is -2.10. The van der Waals surface area contributed by atoms with Gasteiger partial charge in [0.1, 0.15) is 0 Å². The molecule has 0 N–H and O–H groups in total. The molecule has 1 aliphatic carbocycles.